The molecule has 1 aromatic heterocycles. The number of aryl methyl sites for hydroxylation is 1. The van der Waals surface area contributed by atoms with E-state index in [2.05, 4.69) is 36.7 Å². The van der Waals surface area contributed by atoms with Gasteiger partial charge in [-0.05, 0) is 43.0 Å². The lowest BCUT2D eigenvalue weighted by Crippen LogP contribution is -2.07. The second-order valence-corrected chi connectivity index (χ2v) is 4.94. The van der Waals surface area contributed by atoms with Gasteiger partial charge in [0.25, 0.3) is 0 Å². The van der Waals surface area contributed by atoms with Crippen molar-refractivity contribution < 1.29 is 0 Å². The fourth-order valence-corrected chi connectivity index (χ4v) is 2.77. The molecule has 1 heterocycles. The lowest BCUT2D eigenvalue weighted by atomic mass is 10.1. The van der Waals surface area contributed by atoms with Crippen LogP contribution in [0, 0.1) is 18.3 Å². The Hall–Kier alpha value is -1.79. The first-order valence-electron chi connectivity index (χ1n) is 5.52. The third-order valence-corrected chi connectivity index (χ3v) is 3.92. The predicted molar refractivity (Wildman–Crippen MR) is 72.3 cm³/mol. The van der Waals surface area contributed by atoms with Crippen LogP contribution in [0.2, 0.25) is 0 Å². The summed E-state index contributed by atoms with van der Waals surface area (Å²) in [5.74, 6) is 0. The fourth-order valence-electron chi connectivity index (χ4n) is 1.83. The molecule has 0 saturated carbocycles. The molecular weight excluding hydrogens is 228 g/mol. The standard InChI is InChI=1S/C14H14N2S/c1-10-7-8-17-14(10)11(2)16-13-6-4-3-5-12(13)9-15/h3-8,11,16H,1-2H3. The smallest absolute Gasteiger partial charge is 0.101 e. The molecule has 0 aliphatic heterocycles. The minimum absolute atomic E-state index is 0.226. The highest BCUT2D eigenvalue weighted by molar-refractivity contribution is 7.10. The molecule has 0 saturated heterocycles. The fraction of sp³-hybridized carbons (Fsp3) is 0.214. The van der Waals surface area contributed by atoms with E-state index in [0.717, 1.165) is 5.69 Å². The first-order chi connectivity index (χ1) is 8.22. The first-order valence-corrected chi connectivity index (χ1v) is 6.40. The summed E-state index contributed by atoms with van der Waals surface area (Å²) in [6, 6.07) is 12.1. The lowest BCUT2D eigenvalue weighted by molar-refractivity contribution is 0.898. The van der Waals surface area contributed by atoms with Gasteiger partial charge in [-0.1, -0.05) is 12.1 Å². The molecule has 1 unspecified atom stereocenters. The topological polar surface area (TPSA) is 35.8 Å². The summed E-state index contributed by atoms with van der Waals surface area (Å²) < 4.78 is 0. The summed E-state index contributed by atoms with van der Waals surface area (Å²) >= 11 is 1.74. The summed E-state index contributed by atoms with van der Waals surface area (Å²) in [7, 11) is 0. The molecule has 86 valence electrons. The summed E-state index contributed by atoms with van der Waals surface area (Å²) in [5, 5.41) is 14.5. The molecule has 2 nitrogen and oxygen atoms in total. The molecule has 1 atom stereocenters. The molecular formula is C14H14N2S. The highest BCUT2D eigenvalue weighted by Crippen LogP contribution is 2.27. The quantitative estimate of drug-likeness (QED) is 0.879. The summed E-state index contributed by atoms with van der Waals surface area (Å²) in [6.45, 7) is 4.23. The third-order valence-electron chi connectivity index (χ3n) is 2.71. The Bertz CT molecular complexity index is 551. The maximum atomic E-state index is 9.03. The number of nitrogens with zero attached hydrogens (tertiary/aromatic N) is 1. The molecule has 2 rings (SSSR count). The van der Waals surface area contributed by atoms with E-state index >= 15 is 0 Å². The van der Waals surface area contributed by atoms with Crippen molar-refractivity contribution in [1.29, 1.82) is 5.26 Å². The van der Waals surface area contributed by atoms with Gasteiger partial charge >= 0.3 is 0 Å². The summed E-state index contributed by atoms with van der Waals surface area (Å²) in [6.07, 6.45) is 0. The Kier molecular flexibility index (Phi) is 3.46. The van der Waals surface area contributed by atoms with Crippen molar-refractivity contribution in [2.24, 2.45) is 0 Å². The van der Waals surface area contributed by atoms with Gasteiger partial charge in [0.1, 0.15) is 6.07 Å². The highest BCUT2D eigenvalue weighted by Gasteiger charge is 2.11. The number of thiophene rings is 1. The van der Waals surface area contributed by atoms with Gasteiger partial charge in [-0.15, -0.1) is 11.3 Å². The van der Waals surface area contributed by atoms with E-state index in [9.17, 15) is 0 Å². The average Bonchev–Trinajstić information content (AvgIpc) is 2.76. The Balaban J connectivity index is 2.22. The van der Waals surface area contributed by atoms with Crippen LogP contribution in [-0.2, 0) is 0 Å². The minimum atomic E-state index is 0.226. The number of anilines is 1. The minimum Gasteiger partial charge on any atom is -0.377 e. The maximum Gasteiger partial charge on any atom is 0.101 e. The zero-order valence-corrected chi connectivity index (χ0v) is 10.7. The van der Waals surface area contributed by atoms with Crippen LogP contribution in [-0.4, -0.2) is 0 Å². The lowest BCUT2D eigenvalue weighted by Gasteiger charge is -2.15. The Morgan fingerprint density at radius 3 is 2.71 bits per heavy atom. The van der Waals surface area contributed by atoms with Gasteiger partial charge in [0.2, 0.25) is 0 Å². The number of para-hydroxylation sites is 1. The predicted octanol–water partition coefficient (Wildman–Crippen LogP) is 4.10. The van der Waals surface area contributed by atoms with E-state index in [1.165, 1.54) is 10.4 Å². The molecule has 0 fully saturated rings. The van der Waals surface area contributed by atoms with Gasteiger partial charge in [0.05, 0.1) is 17.3 Å². The van der Waals surface area contributed by atoms with Crippen molar-refractivity contribution in [3.05, 3.63) is 51.7 Å². The van der Waals surface area contributed by atoms with Crippen LogP contribution in [0.1, 0.15) is 29.0 Å². The first kappa shape index (κ1) is 11.7. The van der Waals surface area contributed by atoms with Gasteiger partial charge in [0, 0.05) is 4.88 Å². The van der Waals surface area contributed by atoms with Gasteiger partial charge in [0.15, 0.2) is 0 Å². The van der Waals surface area contributed by atoms with Gasteiger partial charge in [-0.2, -0.15) is 5.26 Å². The second-order valence-electron chi connectivity index (χ2n) is 3.99. The van der Waals surface area contributed by atoms with Crippen molar-refractivity contribution in [2.45, 2.75) is 19.9 Å². The zero-order valence-electron chi connectivity index (χ0n) is 9.90. The van der Waals surface area contributed by atoms with Gasteiger partial charge < -0.3 is 5.32 Å². The van der Waals surface area contributed by atoms with E-state index in [1.807, 2.05) is 24.3 Å². The van der Waals surface area contributed by atoms with Gasteiger partial charge in [-0.3, -0.25) is 0 Å². The van der Waals surface area contributed by atoms with Crippen molar-refractivity contribution in [3.63, 3.8) is 0 Å². The molecule has 0 aliphatic rings. The number of hydrogen-bond acceptors (Lipinski definition) is 3. The second kappa shape index (κ2) is 5.03. The number of benzene rings is 1. The van der Waals surface area contributed by atoms with Crippen LogP contribution < -0.4 is 5.32 Å². The average molecular weight is 242 g/mol. The SMILES string of the molecule is Cc1ccsc1C(C)Nc1ccccc1C#N. The molecule has 0 radical (unpaired) electrons. The number of nitriles is 1. The summed E-state index contributed by atoms with van der Waals surface area (Å²) in [5.41, 5.74) is 2.88. The molecule has 1 aromatic carbocycles. The van der Waals surface area contributed by atoms with Crippen LogP contribution in [0.15, 0.2) is 35.7 Å². The van der Waals surface area contributed by atoms with Crippen LogP contribution >= 0.6 is 11.3 Å². The number of rotatable bonds is 3. The van der Waals surface area contributed by atoms with E-state index in [0.29, 0.717) is 5.56 Å². The molecule has 17 heavy (non-hydrogen) atoms. The number of hydrogen-bond donors (Lipinski definition) is 1. The van der Waals surface area contributed by atoms with E-state index in [-0.39, 0.29) is 6.04 Å². The van der Waals surface area contributed by atoms with Crippen LogP contribution in [0.25, 0.3) is 0 Å². The van der Waals surface area contributed by atoms with Crippen LogP contribution in [0.5, 0.6) is 0 Å². The molecule has 0 amide bonds. The summed E-state index contributed by atoms with van der Waals surface area (Å²) in [4.78, 5) is 1.32. The third kappa shape index (κ3) is 2.48. The Morgan fingerprint density at radius 1 is 1.29 bits per heavy atom. The monoisotopic (exact) mass is 242 g/mol. The normalized spacial score (nSPS) is 11.8. The van der Waals surface area contributed by atoms with Crippen molar-refractivity contribution >= 4 is 17.0 Å². The maximum absolute atomic E-state index is 9.03. The van der Waals surface area contributed by atoms with Crippen molar-refractivity contribution in [2.75, 3.05) is 5.32 Å². The van der Waals surface area contributed by atoms with Crippen molar-refractivity contribution in [1.82, 2.24) is 0 Å². The molecule has 0 spiro atoms. The molecule has 3 heteroatoms. The van der Waals surface area contributed by atoms with Crippen molar-refractivity contribution in [3.8, 4) is 6.07 Å². The van der Waals surface area contributed by atoms with E-state index < -0.39 is 0 Å². The Labute approximate surface area is 106 Å². The highest BCUT2D eigenvalue weighted by atomic mass is 32.1. The Morgan fingerprint density at radius 2 is 2.06 bits per heavy atom. The van der Waals surface area contributed by atoms with Gasteiger partial charge in [-0.25, -0.2) is 0 Å². The van der Waals surface area contributed by atoms with Crippen LogP contribution in [0.3, 0.4) is 0 Å². The molecule has 2 aromatic rings. The molecule has 0 bridgehead atoms. The van der Waals surface area contributed by atoms with E-state index in [4.69, 9.17) is 5.26 Å². The van der Waals surface area contributed by atoms with Crippen LogP contribution in [0.4, 0.5) is 5.69 Å². The number of nitrogens with one attached hydrogen (secondary N) is 1. The largest absolute Gasteiger partial charge is 0.377 e. The zero-order chi connectivity index (χ0) is 12.3. The molecule has 1 N–H and O–H groups in total. The van der Waals surface area contributed by atoms with E-state index in [1.54, 1.807) is 11.3 Å². The molecule has 0 aliphatic carbocycles.